The van der Waals surface area contributed by atoms with Crippen LogP contribution in [0.4, 0.5) is 0 Å². The molecule has 1 amide bonds. The van der Waals surface area contributed by atoms with Crippen molar-refractivity contribution < 1.29 is 4.79 Å². The van der Waals surface area contributed by atoms with Gasteiger partial charge in [0.25, 0.3) is 0 Å². The normalized spacial score (nSPS) is 16.4. The standard InChI is InChI=1S/C20H21N5OS3/c1-11-5-6-14-15(8-11)29-19-17(14)18-23-24-20(25(18)12(2)22-19)28-10-16(26)21-9-13-4-3-7-27-13/h3-4,7,11H,5-6,8-10H2,1-2H3,(H,21,26)/t11-/m1/s1. The summed E-state index contributed by atoms with van der Waals surface area (Å²) in [4.78, 5) is 20.8. The van der Waals surface area contributed by atoms with E-state index in [1.165, 1.54) is 28.6 Å². The van der Waals surface area contributed by atoms with Crippen molar-refractivity contribution in [3.05, 3.63) is 38.7 Å². The summed E-state index contributed by atoms with van der Waals surface area (Å²) in [5.41, 5.74) is 2.28. The summed E-state index contributed by atoms with van der Waals surface area (Å²) in [5.74, 6) is 1.90. The van der Waals surface area contributed by atoms with E-state index in [4.69, 9.17) is 4.98 Å². The first-order chi connectivity index (χ1) is 14.1. The number of aryl methyl sites for hydroxylation is 2. The van der Waals surface area contributed by atoms with Crippen molar-refractivity contribution >= 4 is 56.2 Å². The van der Waals surface area contributed by atoms with Gasteiger partial charge in [0.2, 0.25) is 5.91 Å². The van der Waals surface area contributed by atoms with Crippen LogP contribution in [-0.2, 0) is 24.2 Å². The molecule has 0 radical (unpaired) electrons. The molecule has 1 aliphatic rings. The summed E-state index contributed by atoms with van der Waals surface area (Å²) in [6.07, 6.45) is 3.41. The first kappa shape index (κ1) is 19.0. The highest BCUT2D eigenvalue weighted by molar-refractivity contribution is 7.99. The molecule has 4 aromatic heterocycles. The number of rotatable bonds is 5. The Morgan fingerprint density at radius 3 is 3.14 bits per heavy atom. The number of carbonyl (C=O) groups is 1. The lowest BCUT2D eigenvalue weighted by Crippen LogP contribution is -2.24. The molecule has 5 rings (SSSR count). The Balaban J connectivity index is 1.40. The third-order valence-electron chi connectivity index (χ3n) is 5.31. The predicted molar refractivity (Wildman–Crippen MR) is 119 cm³/mol. The highest BCUT2D eigenvalue weighted by Gasteiger charge is 2.25. The zero-order valence-corrected chi connectivity index (χ0v) is 18.7. The van der Waals surface area contributed by atoms with Gasteiger partial charge in [-0.3, -0.25) is 9.20 Å². The van der Waals surface area contributed by atoms with Crippen LogP contribution in [0, 0.1) is 12.8 Å². The molecule has 4 heterocycles. The van der Waals surface area contributed by atoms with E-state index in [9.17, 15) is 4.79 Å². The van der Waals surface area contributed by atoms with E-state index >= 15 is 0 Å². The fourth-order valence-corrected chi connectivity index (χ4v) is 6.72. The van der Waals surface area contributed by atoms with Crippen LogP contribution in [0.2, 0.25) is 0 Å². The van der Waals surface area contributed by atoms with Crippen LogP contribution in [0.5, 0.6) is 0 Å². The van der Waals surface area contributed by atoms with Crippen LogP contribution >= 0.6 is 34.4 Å². The summed E-state index contributed by atoms with van der Waals surface area (Å²) in [6.45, 7) is 4.87. The number of nitrogens with zero attached hydrogens (tertiary/aromatic N) is 4. The number of hydrogen-bond donors (Lipinski definition) is 1. The van der Waals surface area contributed by atoms with Crippen molar-refractivity contribution in [2.75, 3.05) is 5.75 Å². The Kier molecular flexibility index (Phi) is 5.05. The third kappa shape index (κ3) is 3.55. The molecule has 0 aromatic carbocycles. The predicted octanol–water partition coefficient (Wildman–Crippen LogP) is 4.24. The van der Waals surface area contributed by atoms with Crippen molar-refractivity contribution in [1.82, 2.24) is 24.9 Å². The van der Waals surface area contributed by atoms with Crippen molar-refractivity contribution in [1.29, 1.82) is 0 Å². The molecule has 0 saturated heterocycles. The van der Waals surface area contributed by atoms with Gasteiger partial charge in [0.05, 0.1) is 17.7 Å². The zero-order chi connectivity index (χ0) is 20.0. The average molecular weight is 444 g/mol. The van der Waals surface area contributed by atoms with Gasteiger partial charge in [-0.15, -0.1) is 32.9 Å². The highest BCUT2D eigenvalue weighted by atomic mass is 32.2. The molecule has 0 unspecified atom stereocenters. The van der Waals surface area contributed by atoms with Crippen LogP contribution in [-0.4, -0.2) is 31.2 Å². The Labute approximate surface area is 180 Å². The molecular formula is C20H21N5OS3. The van der Waals surface area contributed by atoms with E-state index in [-0.39, 0.29) is 5.91 Å². The molecule has 1 N–H and O–H groups in total. The van der Waals surface area contributed by atoms with Crippen LogP contribution in [0.25, 0.3) is 15.9 Å². The van der Waals surface area contributed by atoms with Gasteiger partial charge in [0.1, 0.15) is 10.7 Å². The molecule has 0 fully saturated rings. The molecule has 0 bridgehead atoms. The molecule has 29 heavy (non-hydrogen) atoms. The van der Waals surface area contributed by atoms with Gasteiger partial charge in [-0.25, -0.2) is 4.98 Å². The monoisotopic (exact) mass is 443 g/mol. The molecule has 150 valence electrons. The van der Waals surface area contributed by atoms with Crippen LogP contribution in [0.1, 0.15) is 34.5 Å². The molecule has 1 atom stereocenters. The minimum absolute atomic E-state index is 0.00580. The van der Waals surface area contributed by atoms with Gasteiger partial charge >= 0.3 is 0 Å². The van der Waals surface area contributed by atoms with Gasteiger partial charge in [-0.05, 0) is 49.1 Å². The zero-order valence-electron chi connectivity index (χ0n) is 16.3. The minimum Gasteiger partial charge on any atom is -0.350 e. The molecule has 0 saturated carbocycles. The van der Waals surface area contributed by atoms with Gasteiger partial charge in [0.15, 0.2) is 10.8 Å². The van der Waals surface area contributed by atoms with Gasteiger partial charge in [0, 0.05) is 9.75 Å². The van der Waals surface area contributed by atoms with Crippen LogP contribution in [0.3, 0.4) is 0 Å². The Morgan fingerprint density at radius 2 is 2.31 bits per heavy atom. The fourth-order valence-electron chi connectivity index (χ4n) is 3.84. The summed E-state index contributed by atoms with van der Waals surface area (Å²) in [5, 5.41) is 15.7. The van der Waals surface area contributed by atoms with Crippen LogP contribution < -0.4 is 5.32 Å². The third-order valence-corrected chi connectivity index (χ3v) is 8.26. The first-order valence-electron chi connectivity index (χ1n) is 9.68. The summed E-state index contributed by atoms with van der Waals surface area (Å²) in [7, 11) is 0. The topological polar surface area (TPSA) is 72.2 Å². The second kappa shape index (κ2) is 7.70. The lowest BCUT2D eigenvalue weighted by atomic mass is 9.89. The number of fused-ring (bicyclic) bond motifs is 5. The van der Waals surface area contributed by atoms with Gasteiger partial charge in [-0.1, -0.05) is 24.8 Å². The Hall–Kier alpha value is -1.97. The maximum Gasteiger partial charge on any atom is 0.230 e. The highest BCUT2D eigenvalue weighted by Crippen LogP contribution is 2.39. The van der Waals surface area contributed by atoms with Crippen molar-refractivity contribution in [2.24, 2.45) is 5.92 Å². The smallest absolute Gasteiger partial charge is 0.230 e. The largest absolute Gasteiger partial charge is 0.350 e. The maximum absolute atomic E-state index is 12.2. The van der Waals surface area contributed by atoms with Gasteiger partial charge in [-0.2, -0.15) is 0 Å². The van der Waals surface area contributed by atoms with Crippen molar-refractivity contribution in [3.8, 4) is 0 Å². The van der Waals surface area contributed by atoms with Crippen LogP contribution in [0.15, 0.2) is 22.7 Å². The Bertz CT molecular complexity index is 1190. The number of nitrogens with one attached hydrogen (secondary N) is 1. The lowest BCUT2D eigenvalue weighted by Gasteiger charge is -2.17. The van der Waals surface area contributed by atoms with Crippen molar-refractivity contribution in [2.45, 2.75) is 44.8 Å². The second-order valence-electron chi connectivity index (χ2n) is 7.48. The van der Waals surface area contributed by atoms with E-state index in [1.807, 2.05) is 28.8 Å². The summed E-state index contributed by atoms with van der Waals surface area (Å²) < 4.78 is 2.00. The second-order valence-corrected chi connectivity index (χ2v) is 10.5. The van der Waals surface area contributed by atoms with E-state index in [0.29, 0.717) is 12.3 Å². The quantitative estimate of drug-likeness (QED) is 0.467. The molecule has 4 aromatic rings. The maximum atomic E-state index is 12.2. The SMILES string of the molecule is Cc1nc2sc3c(c2c2nnc(SCC(=O)NCc4cccs4)n12)CC[C@@H](C)C3. The van der Waals surface area contributed by atoms with E-state index in [0.717, 1.165) is 50.5 Å². The van der Waals surface area contributed by atoms with E-state index < -0.39 is 0 Å². The number of thiophene rings is 2. The minimum atomic E-state index is -0.00580. The molecular weight excluding hydrogens is 422 g/mol. The van der Waals surface area contributed by atoms with E-state index in [2.05, 4.69) is 22.4 Å². The number of amides is 1. The lowest BCUT2D eigenvalue weighted by molar-refractivity contribution is -0.118. The molecule has 0 spiro atoms. The number of hydrogen-bond acceptors (Lipinski definition) is 7. The summed E-state index contributed by atoms with van der Waals surface area (Å²) in [6, 6.07) is 4.01. The molecule has 0 aliphatic heterocycles. The average Bonchev–Trinajstić information content (AvgIpc) is 3.42. The molecule has 1 aliphatic carbocycles. The van der Waals surface area contributed by atoms with E-state index in [1.54, 1.807) is 22.7 Å². The number of carbonyl (C=O) groups excluding carboxylic acids is 1. The van der Waals surface area contributed by atoms with Crippen molar-refractivity contribution in [3.63, 3.8) is 0 Å². The molecule has 9 heteroatoms. The van der Waals surface area contributed by atoms with Gasteiger partial charge < -0.3 is 5.32 Å². The summed E-state index contributed by atoms with van der Waals surface area (Å²) >= 11 is 4.85. The molecule has 6 nitrogen and oxygen atoms in total. The number of aromatic nitrogens is 4. The Morgan fingerprint density at radius 1 is 1.41 bits per heavy atom. The first-order valence-corrected chi connectivity index (χ1v) is 12.4. The fraction of sp³-hybridized carbons (Fsp3) is 0.400. The number of thioether (sulfide) groups is 1.